The zero-order valence-corrected chi connectivity index (χ0v) is 9.72. The molecule has 1 saturated carbocycles. The molecule has 0 spiro atoms. The van der Waals surface area contributed by atoms with Crippen LogP contribution in [0.5, 0.6) is 0 Å². The van der Waals surface area contributed by atoms with Gasteiger partial charge in [0.2, 0.25) is 0 Å². The highest BCUT2D eigenvalue weighted by molar-refractivity contribution is 5.33. The Labute approximate surface area is 95.7 Å². The summed E-state index contributed by atoms with van der Waals surface area (Å²) in [4.78, 5) is 14.0. The maximum absolute atomic E-state index is 11.5. The summed E-state index contributed by atoms with van der Waals surface area (Å²) < 4.78 is 1.69. The van der Waals surface area contributed by atoms with Gasteiger partial charge in [0.15, 0.2) is 0 Å². The average molecular weight is 221 g/mol. The van der Waals surface area contributed by atoms with Gasteiger partial charge in [0.1, 0.15) is 0 Å². The van der Waals surface area contributed by atoms with Crippen molar-refractivity contribution in [1.82, 2.24) is 9.47 Å². The fourth-order valence-corrected chi connectivity index (χ4v) is 2.00. The van der Waals surface area contributed by atoms with Crippen LogP contribution in [0.2, 0.25) is 0 Å². The summed E-state index contributed by atoms with van der Waals surface area (Å²) in [5.74, 6) is 0. The molecule has 1 aliphatic rings. The molecule has 1 aromatic heterocycles. The fourth-order valence-electron chi connectivity index (χ4n) is 2.00. The monoisotopic (exact) mass is 221 g/mol. The van der Waals surface area contributed by atoms with Crippen LogP contribution in [0.15, 0.2) is 23.1 Å². The topological polar surface area (TPSA) is 51.3 Å². The van der Waals surface area contributed by atoms with Gasteiger partial charge in [-0.15, -0.1) is 0 Å². The van der Waals surface area contributed by atoms with E-state index in [1.54, 1.807) is 16.8 Å². The number of rotatable bonds is 5. The van der Waals surface area contributed by atoms with E-state index in [9.17, 15) is 4.79 Å². The maximum atomic E-state index is 11.5. The van der Waals surface area contributed by atoms with Gasteiger partial charge >= 0.3 is 0 Å². The Morgan fingerprint density at radius 3 is 2.88 bits per heavy atom. The number of nitrogens with two attached hydrogens (primary N) is 1. The van der Waals surface area contributed by atoms with Gasteiger partial charge in [-0.25, -0.2) is 0 Å². The van der Waals surface area contributed by atoms with Crippen LogP contribution in [0.1, 0.15) is 19.8 Å². The lowest BCUT2D eigenvalue weighted by Gasteiger charge is -2.20. The van der Waals surface area contributed by atoms with Gasteiger partial charge in [-0.05, 0) is 25.5 Å². The number of anilines is 1. The highest BCUT2D eigenvalue weighted by Crippen LogP contribution is 2.26. The van der Waals surface area contributed by atoms with E-state index in [2.05, 4.69) is 11.8 Å². The van der Waals surface area contributed by atoms with Crippen molar-refractivity contribution in [1.29, 1.82) is 0 Å². The Balaban J connectivity index is 1.97. The van der Waals surface area contributed by atoms with Gasteiger partial charge < -0.3 is 10.3 Å². The summed E-state index contributed by atoms with van der Waals surface area (Å²) in [6, 6.07) is 3.93. The van der Waals surface area contributed by atoms with Crippen LogP contribution in [-0.2, 0) is 6.54 Å². The SMILES string of the molecule is CCN(CCn1cc(N)ccc1=O)C1CC1. The van der Waals surface area contributed by atoms with Crippen molar-refractivity contribution in [3.8, 4) is 0 Å². The largest absolute Gasteiger partial charge is 0.398 e. The molecule has 1 heterocycles. The van der Waals surface area contributed by atoms with Crippen LogP contribution in [0.4, 0.5) is 5.69 Å². The maximum Gasteiger partial charge on any atom is 0.250 e. The summed E-state index contributed by atoms with van der Waals surface area (Å²) >= 11 is 0. The third kappa shape index (κ3) is 2.64. The lowest BCUT2D eigenvalue weighted by atomic mass is 10.4. The van der Waals surface area contributed by atoms with Crippen LogP contribution in [0, 0.1) is 0 Å². The molecule has 0 aliphatic heterocycles. The van der Waals surface area contributed by atoms with E-state index in [0.29, 0.717) is 5.69 Å². The van der Waals surface area contributed by atoms with Gasteiger partial charge in [0.25, 0.3) is 5.56 Å². The second-order valence-corrected chi connectivity index (χ2v) is 4.35. The minimum atomic E-state index is 0.0288. The first-order valence-electron chi connectivity index (χ1n) is 5.90. The van der Waals surface area contributed by atoms with Crippen LogP contribution in [0.25, 0.3) is 0 Å². The van der Waals surface area contributed by atoms with Crippen molar-refractivity contribution >= 4 is 5.69 Å². The summed E-state index contributed by atoms with van der Waals surface area (Å²) in [6.07, 6.45) is 4.34. The third-order valence-electron chi connectivity index (χ3n) is 3.10. The number of nitrogen functional groups attached to an aromatic ring is 1. The molecular weight excluding hydrogens is 202 g/mol. The normalized spacial score (nSPS) is 15.6. The van der Waals surface area contributed by atoms with Crippen molar-refractivity contribution in [3.63, 3.8) is 0 Å². The van der Waals surface area contributed by atoms with Crippen LogP contribution < -0.4 is 11.3 Å². The molecule has 1 aromatic rings. The van der Waals surface area contributed by atoms with Crippen molar-refractivity contribution in [2.75, 3.05) is 18.8 Å². The Bertz CT molecular complexity index is 409. The van der Waals surface area contributed by atoms with Gasteiger partial charge in [0, 0.05) is 37.1 Å². The van der Waals surface area contributed by atoms with Crippen molar-refractivity contribution < 1.29 is 0 Å². The van der Waals surface area contributed by atoms with Gasteiger partial charge in [-0.2, -0.15) is 0 Å². The molecule has 2 N–H and O–H groups in total. The van der Waals surface area contributed by atoms with E-state index in [1.807, 2.05) is 0 Å². The molecule has 0 radical (unpaired) electrons. The molecule has 0 amide bonds. The number of nitrogens with zero attached hydrogens (tertiary/aromatic N) is 2. The van der Waals surface area contributed by atoms with Gasteiger partial charge in [-0.3, -0.25) is 9.69 Å². The minimum absolute atomic E-state index is 0.0288. The second kappa shape index (κ2) is 4.70. The number of aromatic nitrogens is 1. The van der Waals surface area contributed by atoms with E-state index in [-0.39, 0.29) is 5.56 Å². The van der Waals surface area contributed by atoms with E-state index >= 15 is 0 Å². The highest BCUT2D eigenvalue weighted by Gasteiger charge is 2.27. The molecule has 1 fully saturated rings. The Hall–Kier alpha value is -1.29. The smallest absolute Gasteiger partial charge is 0.250 e. The van der Waals surface area contributed by atoms with Crippen LogP contribution in [-0.4, -0.2) is 28.6 Å². The van der Waals surface area contributed by atoms with E-state index in [0.717, 1.165) is 25.7 Å². The van der Waals surface area contributed by atoms with E-state index in [1.165, 1.54) is 18.9 Å². The van der Waals surface area contributed by atoms with Gasteiger partial charge in [-0.1, -0.05) is 6.92 Å². The third-order valence-corrected chi connectivity index (χ3v) is 3.10. The molecule has 0 saturated heterocycles. The fraction of sp³-hybridized carbons (Fsp3) is 0.583. The highest BCUT2D eigenvalue weighted by atomic mass is 16.1. The quantitative estimate of drug-likeness (QED) is 0.804. The van der Waals surface area contributed by atoms with E-state index in [4.69, 9.17) is 5.73 Å². The van der Waals surface area contributed by atoms with Gasteiger partial charge in [0.05, 0.1) is 0 Å². The van der Waals surface area contributed by atoms with Crippen LogP contribution >= 0.6 is 0 Å². The lowest BCUT2D eigenvalue weighted by Crippen LogP contribution is -2.32. The molecule has 2 rings (SSSR count). The predicted molar refractivity (Wildman–Crippen MR) is 65.4 cm³/mol. The lowest BCUT2D eigenvalue weighted by molar-refractivity contribution is 0.265. The Morgan fingerprint density at radius 1 is 1.50 bits per heavy atom. The summed E-state index contributed by atoms with van der Waals surface area (Å²) in [7, 11) is 0. The first-order chi connectivity index (χ1) is 7.70. The molecule has 0 aromatic carbocycles. The zero-order chi connectivity index (χ0) is 11.5. The minimum Gasteiger partial charge on any atom is -0.398 e. The molecule has 88 valence electrons. The summed E-state index contributed by atoms with van der Waals surface area (Å²) in [5.41, 5.74) is 6.34. The van der Waals surface area contributed by atoms with Crippen molar-refractivity contribution in [3.05, 3.63) is 28.7 Å². The van der Waals surface area contributed by atoms with Crippen molar-refractivity contribution in [2.45, 2.75) is 32.4 Å². The number of likely N-dealkylation sites (N-methyl/N-ethyl adjacent to an activating group) is 1. The molecule has 1 aliphatic carbocycles. The first kappa shape index (κ1) is 11.2. The molecule has 0 bridgehead atoms. The van der Waals surface area contributed by atoms with E-state index < -0.39 is 0 Å². The zero-order valence-electron chi connectivity index (χ0n) is 9.72. The van der Waals surface area contributed by atoms with Crippen LogP contribution in [0.3, 0.4) is 0 Å². The Morgan fingerprint density at radius 2 is 2.25 bits per heavy atom. The number of pyridine rings is 1. The first-order valence-corrected chi connectivity index (χ1v) is 5.90. The summed E-state index contributed by atoms with van der Waals surface area (Å²) in [6.45, 7) is 4.89. The molecule has 4 heteroatoms. The second-order valence-electron chi connectivity index (χ2n) is 4.35. The average Bonchev–Trinajstić information content (AvgIpc) is 3.08. The standard InChI is InChI=1S/C12H19N3O/c1-2-14(11-4-5-11)7-8-15-9-10(13)3-6-12(15)16/h3,6,9,11H,2,4-5,7-8,13H2,1H3. The molecule has 16 heavy (non-hydrogen) atoms. The molecule has 4 nitrogen and oxygen atoms in total. The van der Waals surface area contributed by atoms with Crippen molar-refractivity contribution in [2.24, 2.45) is 0 Å². The number of hydrogen-bond donors (Lipinski definition) is 1. The summed E-state index contributed by atoms with van der Waals surface area (Å²) in [5, 5.41) is 0. The molecule has 0 atom stereocenters. The number of hydrogen-bond acceptors (Lipinski definition) is 3. The predicted octanol–water partition coefficient (Wildman–Crippen LogP) is 0.915. The molecule has 0 unspecified atom stereocenters. The molecular formula is C12H19N3O. The Kier molecular flexibility index (Phi) is 3.29.